The van der Waals surface area contributed by atoms with Gasteiger partial charge in [-0.25, -0.2) is 9.13 Å². The van der Waals surface area contributed by atoms with E-state index in [4.69, 9.17) is 9.47 Å². The molecule has 0 fully saturated rings. The van der Waals surface area contributed by atoms with E-state index < -0.39 is 0 Å². The summed E-state index contributed by atoms with van der Waals surface area (Å²) in [6.07, 6.45) is 0. The quantitative estimate of drug-likeness (QED) is 0.417. The summed E-state index contributed by atoms with van der Waals surface area (Å²) in [4.78, 5) is 0. The lowest BCUT2D eigenvalue weighted by Gasteiger charge is -2.03. The molecule has 4 heteroatoms. The van der Waals surface area contributed by atoms with Gasteiger partial charge >= 0.3 is 0 Å². The molecule has 0 atom stereocenters. The zero-order chi connectivity index (χ0) is 11.4. The van der Waals surface area contributed by atoms with Gasteiger partial charge in [0.2, 0.25) is 0 Å². The zero-order valence-corrected chi connectivity index (χ0v) is 10.3. The van der Waals surface area contributed by atoms with Crippen molar-refractivity contribution in [3.63, 3.8) is 0 Å². The van der Waals surface area contributed by atoms with Crippen LogP contribution in [0.4, 0.5) is 0 Å². The average molecular weight is 213 g/mol. The molecule has 1 rings (SSSR count). The fourth-order valence-electron chi connectivity index (χ4n) is 1.57. The van der Waals surface area contributed by atoms with Crippen LogP contribution in [-0.4, -0.2) is 18.0 Å². The topological polar surface area (TPSA) is 27.3 Å². The largest absolute Gasteiger partial charge is 0.356 e. The average Bonchev–Trinajstić information content (AvgIpc) is 2.41. The van der Waals surface area contributed by atoms with Crippen molar-refractivity contribution in [1.82, 2.24) is 4.57 Å². The van der Waals surface area contributed by atoms with E-state index in [1.165, 1.54) is 17.2 Å². The Kier molecular flexibility index (Phi) is 4.29. The normalized spacial score (nSPS) is 11.0. The Morgan fingerprint density at radius 1 is 1.20 bits per heavy atom. The minimum absolute atomic E-state index is 0.357. The Hall–Kier alpha value is -0.870. The molecule has 0 bridgehead atoms. The second-order valence-corrected chi connectivity index (χ2v) is 3.65. The van der Waals surface area contributed by atoms with Crippen molar-refractivity contribution in [3.05, 3.63) is 17.2 Å². The molecule has 0 N–H and O–H groups in total. The lowest BCUT2D eigenvalue weighted by molar-refractivity contribution is -0.683. The first kappa shape index (κ1) is 12.2. The van der Waals surface area contributed by atoms with Crippen LogP contribution in [0.5, 0.6) is 0 Å². The third-order valence-corrected chi connectivity index (χ3v) is 2.90. The van der Waals surface area contributed by atoms with E-state index >= 15 is 0 Å². The van der Waals surface area contributed by atoms with Gasteiger partial charge in [0.15, 0.2) is 13.5 Å². The zero-order valence-electron chi connectivity index (χ0n) is 10.3. The van der Waals surface area contributed by atoms with Crippen molar-refractivity contribution in [2.75, 3.05) is 13.4 Å². The van der Waals surface area contributed by atoms with Crippen LogP contribution in [0.25, 0.3) is 0 Å². The van der Waals surface area contributed by atoms with Crippen molar-refractivity contribution in [1.29, 1.82) is 0 Å². The van der Waals surface area contributed by atoms with E-state index in [0.717, 1.165) is 0 Å². The van der Waals surface area contributed by atoms with E-state index in [1.807, 2.05) is 6.92 Å². The maximum atomic E-state index is 5.42. The molecule has 0 radical (unpaired) electrons. The number of imidazole rings is 1. The van der Waals surface area contributed by atoms with Crippen LogP contribution in [0.1, 0.15) is 24.1 Å². The molecule has 0 aliphatic heterocycles. The molecule has 0 saturated heterocycles. The van der Waals surface area contributed by atoms with Gasteiger partial charge in [0, 0.05) is 27.4 Å². The smallest absolute Gasteiger partial charge is 0.255 e. The second kappa shape index (κ2) is 5.28. The fraction of sp³-hybridized carbons (Fsp3) is 0.727. The van der Waals surface area contributed by atoms with Crippen molar-refractivity contribution < 1.29 is 14.0 Å². The van der Waals surface area contributed by atoms with Crippen LogP contribution in [0.15, 0.2) is 0 Å². The van der Waals surface area contributed by atoms with E-state index in [0.29, 0.717) is 20.1 Å². The van der Waals surface area contributed by atoms with Crippen LogP contribution in [-0.2, 0) is 23.3 Å². The van der Waals surface area contributed by atoms with Gasteiger partial charge in [-0.05, 0) is 6.92 Å². The summed E-state index contributed by atoms with van der Waals surface area (Å²) in [5.74, 6) is 1.20. The molecule has 1 heterocycles. The standard InChI is InChI=1S/C11H21N2O2/c1-6-14-8-15-7-13-10(3)9(2)12(5)11(13)4/h6-8H2,1-5H3/q+1. The molecule has 1 aromatic rings. The number of nitrogens with zero attached hydrogens (tertiary/aromatic N) is 2. The predicted octanol–water partition coefficient (Wildman–Crippen LogP) is 1.21. The maximum absolute atomic E-state index is 5.42. The number of ether oxygens (including phenoxy) is 2. The van der Waals surface area contributed by atoms with Gasteiger partial charge in [0.05, 0.1) is 7.05 Å². The Bertz CT molecular complexity index is 306. The van der Waals surface area contributed by atoms with Crippen LogP contribution in [0.2, 0.25) is 0 Å². The summed E-state index contributed by atoms with van der Waals surface area (Å²) in [6.45, 7) is 9.86. The summed E-state index contributed by atoms with van der Waals surface area (Å²) in [7, 11) is 2.07. The van der Waals surface area contributed by atoms with E-state index in [9.17, 15) is 0 Å². The SMILES string of the molecule is CCOCOCn1c(C)c(C)[n+](C)c1C. The summed E-state index contributed by atoms with van der Waals surface area (Å²) in [5.41, 5.74) is 2.51. The molecule has 0 aliphatic rings. The van der Waals surface area contributed by atoms with E-state index in [-0.39, 0.29) is 0 Å². The second-order valence-electron chi connectivity index (χ2n) is 3.65. The van der Waals surface area contributed by atoms with Gasteiger partial charge in [-0.1, -0.05) is 0 Å². The van der Waals surface area contributed by atoms with Gasteiger partial charge in [0.25, 0.3) is 5.82 Å². The van der Waals surface area contributed by atoms with Gasteiger partial charge in [-0.2, -0.15) is 0 Å². The number of hydrogen-bond acceptors (Lipinski definition) is 2. The Balaban J connectivity index is 2.65. The van der Waals surface area contributed by atoms with Crippen molar-refractivity contribution in [2.45, 2.75) is 34.4 Å². The van der Waals surface area contributed by atoms with Crippen molar-refractivity contribution in [3.8, 4) is 0 Å². The van der Waals surface area contributed by atoms with Crippen LogP contribution in [0, 0.1) is 20.8 Å². The first-order chi connectivity index (χ1) is 7.09. The highest BCUT2D eigenvalue weighted by Crippen LogP contribution is 2.06. The molecule has 0 aliphatic carbocycles. The highest BCUT2D eigenvalue weighted by Gasteiger charge is 2.18. The molecule has 0 spiro atoms. The summed E-state index contributed by atoms with van der Waals surface area (Å²) in [5, 5.41) is 0. The third kappa shape index (κ3) is 2.58. The minimum atomic E-state index is 0.357. The van der Waals surface area contributed by atoms with Gasteiger partial charge < -0.3 is 9.47 Å². The van der Waals surface area contributed by atoms with E-state index in [2.05, 4.69) is 37.0 Å². The molecule has 0 amide bonds. The summed E-state index contributed by atoms with van der Waals surface area (Å²) >= 11 is 0. The number of aromatic nitrogens is 2. The Morgan fingerprint density at radius 3 is 2.33 bits per heavy atom. The molecule has 0 saturated carbocycles. The van der Waals surface area contributed by atoms with Gasteiger partial charge in [-0.15, -0.1) is 0 Å². The molecule has 0 unspecified atom stereocenters. The molecule has 1 aromatic heterocycles. The van der Waals surface area contributed by atoms with Crippen LogP contribution < -0.4 is 4.57 Å². The lowest BCUT2D eigenvalue weighted by atomic mass is 10.4. The van der Waals surface area contributed by atoms with Crippen LogP contribution >= 0.6 is 0 Å². The van der Waals surface area contributed by atoms with Crippen molar-refractivity contribution in [2.24, 2.45) is 7.05 Å². The summed E-state index contributed by atoms with van der Waals surface area (Å²) in [6, 6.07) is 0. The minimum Gasteiger partial charge on any atom is -0.356 e. The monoisotopic (exact) mass is 213 g/mol. The fourth-order valence-corrected chi connectivity index (χ4v) is 1.57. The van der Waals surface area contributed by atoms with Crippen LogP contribution in [0.3, 0.4) is 0 Å². The first-order valence-electron chi connectivity index (χ1n) is 5.27. The van der Waals surface area contributed by atoms with Gasteiger partial charge in [-0.3, -0.25) is 0 Å². The van der Waals surface area contributed by atoms with Gasteiger partial charge in [0.1, 0.15) is 11.4 Å². The first-order valence-corrected chi connectivity index (χ1v) is 5.27. The Morgan fingerprint density at radius 2 is 1.87 bits per heavy atom. The predicted molar refractivity (Wildman–Crippen MR) is 57.4 cm³/mol. The summed E-state index contributed by atoms with van der Waals surface area (Å²) < 4.78 is 14.9. The number of hydrogen-bond donors (Lipinski definition) is 0. The maximum Gasteiger partial charge on any atom is 0.255 e. The van der Waals surface area contributed by atoms with E-state index in [1.54, 1.807) is 0 Å². The van der Waals surface area contributed by atoms with Crippen molar-refractivity contribution >= 4 is 0 Å². The Labute approximate surface area is 91.4 Å². The highest BCUT2D eigenvalue weighted by molar-refractivity contribution is 5.05. The lowest BCUT2D eigenvalue weighted by Crippen LogP contribution is -2.33. The third-order valence-electron chi connectivity index (χ3n) is 2.90. The number of rotatable bonds is 5. The molecular weight excluding hydrogens is 192 g/mol. The molecule has 4 nitrogen and oxygen atoms in total. The molecule has 15 heavy (non-hydrogen) atoms. The molecule has 86 valence electrons. The highest BCUT2D eigenvalue weighted by atomic mass is 16.7. The molecule has 0 aromatic carbocycles. The molecular formula is C11H21N2O2+.